The molecule has 2 amide bonds. The Morgan fingerprint density at radius 2 is 1.92 bits per heavy atom. The quantitative estimate of drug-likeness (QED) is 0.842. The average Bonchev–Trinajstić information content (AvgIpc) is 2.64. The lowest BCUT2D eigenvalue weighted by Gasteiger charge is -2.49. The Morgan fingerprint density at radius 3 is 2.56 bits per heavy atom. The van der Waals surface area contributed by atoms with Gasteiger partial charge in [0.25, 0.3) is 0 Å². The summed E-state index contributed by atoms with van der Waals surface area (Å²) in [4.78, 5) is 28.8. The molecule has 1 atom stereocenters. The number of rotatable bonds is 4. The molecular weight excluding hydrogens is 316 g/mol. The second-order valence-electron chi connectivity index (χ2n) is 7.49. The van der Waals surface area contributed by atoms with Crippen molar-refractivity contribution in [1.82, 2.24) is 9.80 Å². The lowest BCUT2D eigenvalue weighted by molar-refractivity contribution is -0.143. The minimum absolute atomic E-state index is 0.0595. The molecule has 1 spiro atoms. The first-order valence-corrected chi connectivity index (χ1v) is 9.11. The first-order chi connectivity index (χ1) is 12.0. The molecule has 25 heavy (non-hydrogen) atoms. The highest BCUT2D eigenvalue weighted by atomic mass is 16.5. The third kappa shape index (κ3) is 3.87. The number of likely N-dealkylation sites (N-methyl/N-ethyl adjacent to an activating group) is 1. The average molecular weight is 344 g/mol. The van der Waals surface area contributed by atoms with Gasteiger partial charge in [0.05, 0.1) is 18.9 Å². The van der Waals surface area contributed by atoms with E-state index in [9.17, 15) is 9.59 Å². The van der Waals surface area contributed by atoms with E-state index in [0.717, 1.165) is 44.5 Å². The molecule has 0 radical (unpaired) electrons. The van der Waals surface area contributed by atoms with Gasteiger partial charge in [0.2, 0.25) is 11.8 Å². The molecule has 5 heteroatoms. The Hall–Kier alpha value is -1.88. The van der Waals surface area contributed by atoms with Crippen molar-refractivity contribution in [2.45, 2.75) is 31.6 Å². The van der Waals surface area contributed by atoms with Crippen molar-refractivity contribution in [1.29, 1.82) is 0 Å². The lowest BCUT2D eigenvalue weighted by atomic mass is 9.67. The zero-order valence-corrected chi connectivity index (χ0v) is 15.2. The summed E-state index contributed by atoms with van der Waals surface area (Å²) in [5.74, 6) is 0.336. The molecule has 2 saturated heterocycles. The van der Waals surface area contributed by atoms with Gasteiger partial charge < -0.3 is 14.5 Å². The summed E-state index contributed by atoms with van der Waals surface area (Å²) in [5, 5.41) is 0. The Bertz CT molecular complexity index is 609. The fraction of sp³-hybridized carbons (Fsp3) is 0.600. The molecule has 2 heterocycles. The van der Waals surface area contributed by atoms with E-state index in [4.69, 9.17) is 4.74 Å². The van der Waals surface area contributed by atoms with Crippen LogP contribution >= 0.6 is 0 Å². The van der Waals surface area contributed by atoms with Gasteiger partial charge in [0, 0.05) is 33.8 Å². The molecule has 0 bridgehead atoms. The highest BCUT2D eigenvalue weighted by Gasteiger charge is 2.45. The van der Waals surface area contributed by atoms with Gasteiger partial charge in [-0.3, -0.25) is 9.59 Å². The van der Waals surface area contributed by atoms with Gasteiger partial charge in [-0.1, -0.05) is 30.3 Å². The smallest absolute Gasteiger partial charge is 0.229 e. The van der Waals surface area contributed by atoms with E-state index >= 15 is 0 Å². The maximum Gasteiger partial charge on any atom is 0.229 e. The first-order valence-electron chi connectivity index (χ1n) is 9.11. The molecule has 0 N–H and O–H groups in total. The van der Waals surface area contributed by atoms with E-state index in [-0.39, 0.29) is 23.1 Å². The van der Waals surface area contributed by atoms with Crippen LogP contribution in [-0.2, 0) is 14.3 Å². The number of piperidine rings is 2. The molecule has 5 nitrogen and oxygen atoms in total. The molecule has 1 unspecified atom stereocenters. The van der Waals surface area contributed by atoms with E-state index in [1.165, 1.54) is 0 Å². The van der Waals surface area contributed by atoms with Crippen LogP contribution in [-0.4, -0.2) is 62.0 Å². The Balaban J connectivity index is 1.68. The summed E-state index contributed by atoms with van der Waals surface area (Å²) >= 11 is 0. The maximum atomic E-state index is 12.7. The molecule has 1 aromatic carbocycles. The highest BCUT2D eigenvalue weighted by molar-refractivity contribution is 5.84. The maximum absolute atomic E-state index is 12.7. The van der Waals surface area contributed by atoms with Crippen LogP contribution in [0.3, 0.4) is 0 Å². The van der Waals surface area contributed by atoms with Gasteiger partial charge in [-0.25, -0.2) is 0 Å². The summed E-state index contributed by atoms with van der Waals surface area (Å²) in [6.07, 6.45) is 3.27. The van der Waals surface area contributed by atoms with Crippen LogP contribution in [0.15, 0.2) is 30.3 Å². The molecule has 0 saturated carbocycles. The van der Waals surface area contributed by atoms with Crippen molar-refractivity contribution in [3.63, 3.8) is 0 Å². The van der Waals surface area contributed by atoms with Crippen LogP contribution in [0.2, 0.25) is 0 Å². The Kier molecular flexibility index (Phi) is 5.42. The van der Waals surface area contributed by atoms with Crippen molar-refractivity contribution >= 4 is 11.8 Å². The predicted molar refractivity (Wildman–Crippen MR) is 96.2 cm³/mol. The molecule has 0 aromatic heterocycles. The van der Waals surface area contributed by atoms with E-state index in [2.05, 4.69) is 12.1 Å². The molecule has 2 aliphatic heterocycles. The fourth-order valence-electron chi connectivity index (χ4n) is 4.32. The summed E-state index contributed by atoms with van der Waals surface area (Å²) in [5.41, 5.74) is 1.23. The van der Waals surface area contributed by atoms with Crippen LogP contribution in [0.4, 0.5) is 0 Å². The number of likely N-dealkylation sites (tertiary alicyclic amines) is 2. The standard InChI is InChI=1S/C20H28N2O3/c1-21-15-20(9-11-22(12-10-20)18(23)8-13-25-2)14-17(19(21)24)16-6-4-3-5-7-16/h3-7,17H,8-15H2,1-2H3. The monoisotopic (exact) mass is 344 g/mol. The molecule has 3 rings (SSSR count). The number of carbonyl (C=O) groups excluding carboxylic acids is 2. The third-order valence-corrected chi connectivity index (χ3v) is 5.78. The normalized spacial score (nSPS) is 23.1. The number of ether oxygens (including phenoxy) is 1. The number of hydrogen-bond acceptors (Lipinski definition) is 3. The minimum atomic E-state index is -0.0595. The summed E-state index contributed by atoms with van der Waals surface area (Å²) in [6.45, 7) is 2.85. The molecule has 0 aliphatic carbocycles. The summed E-state index contributed by atoms with van der Waals surface area (Å²) in [6, 6.07) is 10.1. The van der Waals surface area contributed by atoms with E-state index < -0.39 is 0 Å². The van der Waals surface area contributed by atoms with Crippen LogP contribution in [0.5, 0.6) is 0 Å². The molecule has 136 valence electrons. The molecule has 2 aliphatic rings. The number of benzene rings is 1. The third-order valence-electron chi connectivity index (χ3n) is 5.78. The van der Waals surface area contributed by atoms with Crippen LogP contribution in [0.1, 0.15) is 37.2 Å². The van der Waals surface area contributed by atoms with Crippen LogP contribution < -0.4 is 0 Å². The van der Waals surface area contributed by atoms with Gasteiger partial charge in [0.1, 0.15) is 0 Å². The zero-order chi connectivity index (χ0) is 17.9. The van der Waals surface area contributed by atoms with Crippen LogP contribution in [0.25, 0.3) is 0 Å². The topological polar surface area (TPSA) is 49.9 Å². The molecular formula is C20H28N2O3. The SMILES string of the molecule is COCCC(=O)N1CCC2(CC1)CC(c1ccccc1)C(=O)N(C)C2. The van der Waals surface area contributed by atoms with Gasteiger partial charge in [0.15, 0.2) is 0 Å². The van der Waals surface area contributed by atoms with E-state index in [1.807, 2.05) is 35.0 Å². The van der Waals surface area contributed by atoms with Crippen molar-refractivity contribution in [3.05, 3.63) is 35.9 Å². The zero-order valence-electron chi connectivity index (χ0n) is 15.2. The highest BCUT2D eigenvalue weighted by Crippen LogP contribution is 2.45. The number of carbonyl (C=O) groups is 2. The van der Waals surface area contributed by atoms with E-state index in [1.54, 1.807) is 7.11 Å². The van der Waals surface area contributed by atoms with Gasteiger partial charge in [-0.15, -0.1) is 0 Å². The summed E-state index contributed by atoms with van der Waals surface area (Å²) < 4.78 is 5.01. The minimum Gasteiger partial charge on any atom is -0.384 e. The second kappa shape index (κ2) is 7.56. The van der Waals surface area contributed by atoms with Crippen LogP contribution in [0, 0.1) is 5.41 Å². The summed E-state index contributed by atoms with van der Waals surface area (Å²) in [7, 11) is 3.53. The van der Waals surface area contributed by atoms with Gasteiger partial charge in [-0.2, -0.15) is 0 Å². The number of hydrogen-bond donors (Lipinski definition) is 0. The molecule has 2 fully saturated rings. The number of nitrogens with zero attached hydrogens (tertiary/aromatic N) is 2. The molecule has 1 aromatic rings. The van der Waals surface area contributed by atoms with Crippen molar-refractivity contribution in [3.8, 4) is 0 Å². The first kappa shape index (κ1) is 17.9. The fourth-order valence-corrected chi connectivity index (χ4v) is 4.32. The van der Waals surface area contributed by atoms with Crippen molar-refractivity contribution in [2.24, 2.45) is 5.41 Å². The predicted octanol–water partition coefficient (Wildman–Crippen LogP) is 2.28. The van der Waals surface area contributed by atoms with E-state index in [0.29, 0.717) is 13.0 Å². The second-order valence-corrected chi connectivity index (χ2v) is 7.49. The largest absolute Gasteiger partial charge is 0.384 e. The van der Waals surface area contributed by atoms with Crippen molar-refractivity contribution in [2.75, 3.05) is 40.4 Å². The van der Waals surface area contributed by atoms with Crippen molar-refractivity contribution < 1.29 is 14.3 Å². The number of amides is 2. The van der Waals surface area contributed by atoms with Gasteiger partial charge in [-0.05, 0) is 30.2 Å². The Morgan fingerprint density at radius 1 is 1.24 bits per heavy atom. The number of methoxy groups -OCH3 is 1. The van der Waals surface area contributed by atoms with Gasteiger partial charge >= 0.3 is 0 Å². The Labute approximate surface area is 149 Å². The lowest BCUT2D eigenvalue weighted by Crippen LogP contribution is -2.53.